The summed E-state index contributed by atoms with van der Waals surface area (Å²) in [5, 5.41) is 7.59. The Morgan fingerprint density at radius 3 is 2.76 bits per heavy atom. The molecular weight excluding hydrogens is 383 g/mol. The number of nitrogens with zero attached hydrogens (tertiary/aromatic N) is 6. The number of amides is 2. The maximum absolute atomic E-state index is 14.9. The average molecular weight is 402 g/mol. The second-order valence-electron chi connectivity index (χ2n) is 7.38. The van der Waals surface area contributed by atoms with Crippen LogP contribution in [0.5, 0.6) is 0 Å². The summed E-state index contributed by atoms with van der Waals surface area (Å²) < 4.78 is 27.1. The van der Waals surface area contributed by atoms with Gasteiger partial charge in [0.1, 0.15) is 18.0 Å². The standard InChI is InChI=1S/C18H19FN6O4/c1-22-15-9-23(10-16(15)29-17(22)26)14-3-2-11(6-13(14)19)25-8-12(28-18(25)27)7-24-5-4-20-21-24/h2-6,12,15-16H,7-10H2,1H3/t12-,15+,16-/m0/s1. The van der Waals surface area contributed by atoms with Crippen molar-refractivity contribution in [1.29, 1.82) is 0 Å². The van der Waals surface area contributed by atoms with E-state index in [0.717, 1.165) is 0 Å². The Labute approximate surface area is 165 Å². The van der Waals surface area contributed by atoms with E-state index in [-0.39, 0.29) is 18.2 Å². The first-order valence-electron chi connectivity index (χ1n) is 9.30. The second-order valence-corrected chi connectivity index (χ2v) is 7.38. The number of rotatable bonds is 4. The predicted octanol–water partition coefficient (Wildman–Crippen LogP) is 1.08. The van der Waals surface area contributed by atoms with Gasteiger partial charge in [0.25, 0.3) is 0 Å². The number of anilines is 2. The fraction of sp³-hybridized carbons (Fsp3) is 0.444. The number of hydrogen-bond acceptors (Lipinski definition) is 7. The molecule has 29 heavy (non-hydrogen) atoms. The molecule has 0 bridgehead atoms. The van der Waals surface area contributed by atoms with Crippen molar-refractivity contribution >= 4 is 23.6 Å². The summed E-state index contributed by atoms with van der Waals surface area (Å²) in [6.07, 6.45) is 1.71. The van der Waals surface area contributed by atoms with E-state index in [1.807, 2.05) is 4.90 Å². The summed E-state index contributed by atoms with van der Waals surface area (Å²) in [7, 11) is 1.69. The number of carbonyl (C=O) groups excluding carboxylic acids is 2. The number of benzene rings is 1. The topological polar surface area (TPSA) is 93.0 Å². The largest absolute Gasteiger partial charge is 0.442 e. The molecule has 2 aromatic rings. The Hall–Kier alpha value is -3.37. The van der Waals surface area contributed by atoms with Gasteiger partial charge in [0.15, 0.2) is 0 Å². The van der Waals surface area contributed by atoms with Crippen molar-refractivity contribution in [3.63, 3.8) is 0 Å². The van der Waals surface area contributed by atoms with Gasteiger partial charge in [0.2, 0.25) is 0 Å². The van der Waals surface area contributed by atoms with Crippen LogP contribution < -0.4 is 9.80 Å². The first-order chi connectivity index (χ1) is 14.0. The fourth-order valence-electron chi connectivity index (χ4n) is 4.08. The lowest BCUT2D eigenvalue weighted by molar-refractivity contribution is 0.129. The summed E-state index contributed by atoms with van der Waals surface area (Å²) in [6.45, 7) is 1.61. The van der Waals surface area contributed by atoms with Gasteiger partial charge in [0, 0.05) is 19.8 Å². The molecule has 3 atom stereocenters. The van der Waals surface area contributed by atoms with Crippen LogP contribution in [0, 0.1) is 5.82 Å². The fourth-order valence-corrected chi connectivity index (χ4v) is 4.08. The second kappa shape index (κ2) is 6.61. The first kappa shape index (κ1) is 17.7. The van der Waals surface area contributed by atoms with Gasteiger partial charge in [0.05, 0.1) is 43.2 Å². The highest BCUT2D eigenvalue weighted by Crippen LogP contribution is 2.33. The van der Waals surface area contributed by atoms with Crippen molar-refractivity contribution in [2.75, 3.05) is 36.5 Å². The Morgan fingerprint density at radius 2 is 2.03 bits per heavy atom. The van der Waals surface area contributed by atoms with Crippen LogP contribution in [0.2, 0.25) is 0 Å². The van der Waals surface area contributed by atoms with Crippen LogP contribution in [-0.4, -0.2) is 77.0 Å². The van der Waals surface area contributed by atoms with E-state index in [4.69, 9.17) is 9.47 Å². The molecule has 0 aliphatic carbocycles. The third-order valence-corrected chi connectivity index (χ3v) is 5.59. The van der Waals surface area contributed by atoms with E-state index in [0.29, 0.717) is 37.6 Å². The highest BCUT2D eigenvalue weighted by Gasteiger charge is 2.46. The minimum atomic E-state index is -0.522. The Balaban J connectivity index is 1.29. The van der Waals surface area contributed by atoms with Gasteiger partial charge in [-0.25, -0.2) is 18.7 Å². The molecule has 0 N–H and O–H groups in total. The molecule has 152 valence electrons. The maximum atomic E-state index is 14.9. The number of hydrogen-bond donors (Lipinski definition) is 0. The molecule has 0 unspecified atom stereocenters. The zero-order valence-electron chi connectivity index (χ0n) is 15.6. The molecule has 10 nitrogen and oxygen atoms in total. The molecule has 0 saturated carbocycles. The number of aromatic nitrogens is 3. The summed E-state index contributed by atoms with van der Waals surface area (Å²) in [4.78, 5) is 28.6. The Kier molecular flexibility index (Phi) is 4.03. The molecule has 3 aliphatic rings. The Morgan fingerprint density at radius 1 is 1.17 bits per heavy atom. The predicted molar refractivity (Wildman–Crippen MR) is 98.1 cm³/mol. The van der Waals surface area contributed by atoms with Crippen LogP contribution in [-0.2, 0) is 16.0 Å². The summed E-state index contributed by atoms with van der Waals surface area (Å²) in [5.41, 5.74) is 0.847. The summed E-state index contributed by atoms with van der Waals surface area (Å²) in [6, 6.07) is 4.58. The molecule has 3 saturated heterocycles. The lowest BCUT2D eigenvalue weighted by Gasteiger charge is -2.23. The minimum Gasteiger partial charge on any atom is -0.442 e. The first-order valence-corrected chi connectivity index (χ1v) is 9.30. The van der Waals surface area contributed by atoms with E-state index in [9.17, 15) is 14.0 Å². The molecule has 0 radical (unpaired) electrons. The number of likely N-dealkylation sites (N-methyl/N-ethyl adjacent to an activating group) is 1. The third-order valence-electron chi connectivity index (χ3n) is 5.59. The molecule has 2 amide bonds. The van der Waals surface area contributed by atoms with Gasteiger partial charge in [-0.05, 0) is 18.2 Å². The van der Waals surface area contributed by atoms with Gasteiger partial charge in [-0.1, -0.05) is 5.21 Å². The van der Waals surface area contributed by atoms with Gasteiger partial charge < -0.3 is 19.3 Å². The van der Waals surface area contributed by atoms with E-state index >= 15 is 0 Å². The lowest BCUT2D eigenvalue weighted by Crippen LogP contribution is -2.34. The Bertz CT molecular complexity index is 954. The van der Waals surface area contributed by atoms with Crippen LogP contribution in [0.1, 0.15) is 0 Å². The summed E-state index contributed by atoms with van der Waals surface area (Å²) >= 11 is 0. The molecule has 3 fully saturated rings. The minimum absolute atomic E-state index is 0.0901. The van der Waals surface area contributed by atoms with Crippen molar-refractivity contribution in [3.8, 4) is 0 Å². The monoisotopic (exact) mass is 402 g/mol. The molecule has 1 aromatic carbocycles. The SMILES string of the molecule is CN1C(=O)O[C@H]2CN(c3ccc(N4C[C@H](Cn5ccnn5)OC4=O)cc3F)C[C@H]21. The number of fused-ring (bicyclic) bond motifs is 1. The van der Waals surface area contributed by atoms with Crippen LogP contribution in [0.3, 0.4) is 0 Å². The van der Waals surface area contributed by atoms with Gasteiger partial charge in [-0.3, -0.25) is 4.90 Å². The number of ether oxygens (including phenoxy) is 2. The van der Waals surface area contributed by atoms with E-state index in [2.05, 4.69) is 10.3 Å². The van der Waals surface area contributed by atoms with E-state index < -0.39 is 18.0 Å². The normalized spacial score (nSPS) is 26.1. The molecule has 5 rings (SSSR count). The van der Waals surface area contributed by atoms with Crippen molar-refractivity contribution < 1.29 is 23.5 Å². The quantitative estimate of drug-likeness (QED) is 0.756. The lowest BCUT2D eigenvalue weighted by atomic mass is 10.2. The highest BCUT2D eigenvalue weighted by atomic mass is 19.1. The van der Waals surface area contributed by atoms with Crippen LogP contribution in [0.25, 0.3) is 0 Å². The highest BCUT2D eigenvalue weighted by molar-refractivity contribution is 5.90. The third kappa shape index (κ3) is 3.02. The number of halogens is 1. The van der Waals surface area contributed by atoms with E-state index in [1.165, 1.54) is 11.0 Å². The van der Waals surface area contributed by atoms with Crippen LogP contribution in [0.4, 0.5) is 25.4 Å². The molecule has 11 heteroatoms. The van der Waals surface area contributed by atoms with Crippen molar-refractivity contribution in [1.82, 2.24) is 19.9 Å². The molecular formula is C18H19FN6O4. The van der Waals surface area contributed by atoms with Crippen LogP contribution in [0.15, 0.2) is 30.6 Å². The smallest absolute Gasteiger partial charge is 0.414 e. The number of carbonyl (C=O) groups is 2. The van der Waals surface area contributed by atoms with Gasteiger partial charge >= 0.3 is 12.2 Å². The number of cyclic esters (lactones) is 1. The zero-order chi connectivity index (χ0) is 20.1. The maximum Gasteiger partial charge on any atom is 0.414 e. The average Bonchev–Trinajstić information content (AvgIpc) is 3.45. The molecule has 1 aromatic heterocycles. The zero-order valence-corrected chi connectivity index (χ0v) is 15.6. The van der Waals surface area contributed by atoms with Crippen LogP contribution >= 0.6 is 0 Å². The van der Waals surface area contributed by atoms with Gasteiger partial charge in [-0.15, -0.1) is 5.10 Å². The van der Waals surface area contributed by atoms with Crippen molar-refractivity contribution in [2.45, 2.75) is 24.8 Å². The summed E-state index contributed by atoms with van der Waals surface area (Å²) in [5.74, 6) is -0.441. The van der Waals surface area contributed by atoms with E-state index in [1.54, 1.807) is 41.2 Å². The molecule has 0 spiro atoms. The van der Waals surface area contributed by atoms with Crippen molar-refractivity contribution in [3.05, 3.63) is 36.4 Å². The van der Waals surface area contributed by atoms with Gasteiger partial charge in [-0.2, -0.15) is 0 Å². The van der Waals surface area contributed by atoms with Crippen molar-refractivity contribution in [2.24, 2.45) is 0 Å². The molecule has 4 heterocycles. The molecule has 3 aliphatic heterocycles.